The Bertz CT molecular complexity index is 399. The maximum Gasteiger partial charge on any atom is 0.335 e. The molecular formula is C6H4F2O3S. The van der Waals surface area contributed by atoms with Gasteiger partial charge in [0.1, 0.15) is 16.5 Å². The van der Waals surface area contributed by atoms with Gasteiger partial charge in [0.25, 0.3) is 0 Å². The highest BCUT2D eigenvalue weighted by molar-refractivity contribution is 7.86. The van der Waals surface area contributed by atoms with E-state index >= 15 is 0 Å². The molecule has 0 fully saturated rings. The molecule has 12 heavy (non-hydrogen) atoms. The van der Waals surface area contributed by atoms with E-state index in [0.717, 1.165) is 6.07 Å². The summed E-state index contributed by atoms with van der Waals surface area (Å²) in [5, 5.41) is 8.65. The molecule has 0 radical (unpaired) electrons. The summed E-state index contributed by atoms with van der Waals surface area (Å²) in [5.41, 5.74) is 0. The van der Waals surface area contributed by atoms with Gasteiger partial charge in [-0.05, 0) is 12.1 Å². The molecular weight excluding hydrogens is 190 g/mol. The fourth-order valence-corrected chi connectivity index (χ4v) is 1.21. The molecule has 0 bridgehead atoms. The van der Waals surface area contributed by atoms with E-state index in [2.05, 4.69) is 0 Å². The van der Waals surface area contributed by atoms with Crippen molar-refractivity contribution in [2.75, 3.05) is 0 Å². The number of hydrogen-bond donors (Lipinski definition) is 1. The molecule has 0 heterocycles. The van der Waals surface area contributed by atoms with Crippen LogP contribution in [0.2, 0.25) is 0 Å². The van der Waals surface area contributed by atoms with Gasteiger partial charge < -0.3 is 5.11 Å². The van der Waals surface area contributed by atoms with Crippen LogP contribution in [-0.2, 0) is 10.2 Å². The molecule has 0 aliphatic carbocycles. The van der Waals surface area contributed by atoms with E-state index in [0.29, 0.717) is 12.1 Å². The minimum absolute atomic E-state index is 0.458. The SMILES string of the molecule is O=S(=O)(F)c1ccc(O)cc1F. The Balaban J connectivity index is 3.39. The van der Waals surface area contributed by atoms with Gasteiger partial charge in [0.15, 0.2) is 0 Å². The number of aromatic hydroxyl groups is 1. The quantitative estimate of drug-likeness (QED) is 0.683. The van der Waals surface area contributed by atoms with Gasteiger partial charge in [-0.1, -0.05) is 0 Å². The lowest BCUT2D eigenvalue weighted by molar-refractivity contribution is 0.465. The molecule has 0 spiro atoms. The normalized spacial score (nSPS) is 11.5. The second-order valence-electron chi connectivity index (χ2n) is 2.05. The predicted molar refractivity (Wildman–Crippen MR) is 36.4 cm³/mol. The fraction of sp³-hybridized carbons (Fsp3) is 0. The number of benzene rings is 1. The monoisotopic (exact) mass is 194 g/mol. The molecule has 0 unspecified atom stereocenters. The Morgan fingerprint density at radius 2 is 1.92 bits per heavy atom. The molecule has 66 valence electrons. The summed E-state index contributed by atoms with van der Waals surface area (Å²) in [5.74, 6) is -1.77. The zero-order valence-electron chi connectivity index (χ0n) is 5.66. The third-order valence-electron chi connectivity index (χ3n) is 1.18. The first kappa shape index (κ1) is 8.92. The third-order valence-corrected chi connectivity index (χ3v) is 2.03. The van der Waals surface area contributed by atoms with E-state index in [1.165, 1.54) is 0 Å². The first-order valence-corrected chi connectivity index (χ1v) is 4.23. The van der Waals surface area contributed by atoms with Gasteiger partial charge in [0.2, 0.25) is 0 Å². The molecule has 0 amide bonds. The lowest BCUT2D eigenvalue weighted by Gasteiger charge is -1.96. The molecule has 0 aromatic heterocycles. The third kappa shape index (κ3) is 1.70. The van der Waals surface area contributed by atoms with E-state index < -0.39 is 26.7 Å². The molecule has 6 heteroatoms. The molecule has 1 aromatic carbocycles. The van der Waals surface area contributed by atoms with Crippen LogP contribution in [0, 0.1) is 5.82 Å². The van der Waals surface area contributed by atoms with Gasteiger partial charge in [-0.15, -0.1) is 3.89 Å². The van der Waals surface area contributed by atoms with Crippen molar-refractivity contribution in [3.05, 3.63) is 24.0 Å². The van der Waals surface area contributed by atoms with Crippen molar-refractivity contribution in [1.82, 2.24) is 0 Å². The molecule has 0 atom stereocenters. The number of phenolic OH excluding ortho intramolecular Hbond substituents is 1. The molecule has 1 aromatic rings. The second kappa shape index (κ2) is 2.71. The van der Waals surface area contributed by atoms with Crippen LogP contribution >= 0.6 is 0 Å². The van der Waals surface area contributed by atoms with E-state index in [1.807, 2.05) is 0 Å². The molecule has 0 saturated heterocycles. The summed E-state index contributed by atoms with van der Waals surface area (Å²) in [4.78, 5) is -1.07. The number of hydrogen-bond acceptors (Lipinski definition) is 3. The summed E-state index contributed by atoms with van der Waals surface area (Å²) < 4.78 is 45.1. The van der Waals surface area contributed by atoms with Crippen molar-refractivity contribution >= 4 is 10.2 Å². The fourth-order valence-electron chi connectivity index (χ4n) is 0.687. The molecule has 3 nitrogen and oxygen atoms in total. The second-order valence-corrected chi connectivity index (χ2v) is 3.37. The summed E-state index contributed by atoms with van der Waals surface area (Å²) in [6.07, 6.45) is 0. The molecule has 0 aliphatic rings. The highest BCUT2D eigenvalue weighted by Crippen LogP contribution is 2.20. The van der Waals surface area contributed by atoms with Crippen LogP contribution in [0.5, 0.6) is 5.75 Å². The lowest BCUT2D eigenvalue weighted by Crippen LogP contribution is -1.95. The van der Waals surface area contributed by atoms with Crippen LogP contribution in [-0.4, -0.2) is 13.5 Å². The van der Waals surface area contributed by atoms with Gasteiger partial charge in [-0.3, -0.25) is 0 Å². The summed E-state index contributed by atoms with van der Waals surface area (Å²) in [6, 6.07) is 2.06. The van der Waals surface area contributed by atoms with Crippen LogP contribution < -0.4 is 0 Å². The van der Waals surface area contributed by atoms with E-state index in [-0.39, 0.29) is 0 Å². The lowest BCUT2D eigenvalue weighted by atomic mass is 10.3. The minimum Gasteiger partial charge on any atom is -0.508 e. The molecule has 0 saturated carbocycles. The Morgan fingerprint density at radius 3 is 2.33 bits per heavy atom. The van der Waals surface area contributed by atoms with E-state index in [9.17, 15) is 16.7 Å². The van der Waals surface area contributed by atoms with Crippen LogP contribution in [0.25, 0.3) is 0 Å². The maximum atomic E-state index is 12.6. The van der Waals surface area contributed by atoms with Gasteiger partial charge in [-0.25, -0.2) is 4.39 Å². The average Bonchev–Trinajstić information content (AvgIpc) is 1.83. The molecule has 1 rings (SSSR count). The van der Waals surface area contributed by atoms with Crippen molar-refractivity contribution in [3.8, 4) is 5.75 Å². The average molecular weight is 194 g/mol. The number of rotatable bonds is 1. The number of halogens is 2. The topological polar surface area (TPSA) is 54.4 Å². The summed E-state index contributed by atoms with van der Waals surface area (Å²) in [6.45, 7) is 0. The molecule has 1 N–H and O–H groups in total. The highest BCUT2D eigenvalue weighted by atomic mass is 32.3. The van der Waals surface area contributed by atoms with Crippen molar-refractivity contribution < 1.29 is 21.8 Å². The highest BCUT2D eigenvalue weighted by Gasteiger charge is 2.17. The van der Waals surface area contributed by atoms with Crippen LogP contribution in [0.15, 0.2) is 23.1 Å². The zero-order valence-corrected chi connectivity index (χ0v) is 6.48. The van der Waals surface area contributed by atoms with E-state index in [4.69, 9.17) is 5.11 Å². The first-order valence-electron chi connectivity index (χ1n) is 2.84. The Labute approximate surface area is 67.5 Å². The molecule has 0 aliphatic heterocycles. The van der Waals surface area contributed by atoms with Crippen molar-refractivity contribution in [3.63, 3.8) is 0 Å². The summed E-state index contributed by atoms with van der Waals surface area (Å²) in [7, 11) is -5.04. The minimum atomic E-state index is -5.04. The van der Waals surface area contributed by atoms with Crippen molar-refractivity contribution in [2.45, 2.75) is 4.90 Å². The zero-order chi connectivity index (χ0) is 9.35. The maximum absolute atomic E-state index is 12.6. The predicted octanol–water partition coefficient (Wildman–Crippen LogP) is 1.19. The van der Waals surface area contributed by atoms with Gasteiger partial charge in [0, 0.05) is 6.07 Å². The van der Waals surface area contributed by atoms with Gasteiger partial charge >= 0.3 is 10.2 Å². The Kier molecular flexibility index (Phi) is 2.01. The standard InChI is InChI=1S/C6H4F2O3S/c7-5-3-4(9)1-2-6(5)12(8,10)11/h1-3,9H. The number of phenols is 1. The van der Waals surface area contributed by atoms with Crippen LogP contribution in [0.3, 0.4) is 0 Å². The Hall–Kier alpha value is -1.17. The van der Waals surface area contributed by atoms with Crippen molar-refractivity contribution in [2.24, 2.45) is 0 Å². The Morgan fingerprint density at radius 1 is 1.33 bits per heavy atom. The van der Waals surface area contributed by atoms with Gasteiger partial charge in [-0.2, -0.15) is 8.42 Å². The van der Waals surface area contributed by atoms with Crippen LogP contribution in [0.4, 0.5) is 8.28 Å². The van der Waals surface area contributed by atoms with Crippen LogP contribution in [0.1, 0.15) is 0 Å². The smallest absolute Gasteiger partial charge is 0.335 e. The first-order chi connectivity index (χ1) is 5.41. The summed E-state index contributed by atoms with van der Waals surface area (Å²) >= 11 is 0. The van der Waals surface area contributed by atoms with Crippen molar-refractivity contribution in [1.29, 1.82) is 0 Å². The van der Waals surface area contributed by atoms with Gasteiger partial charge in [0.05, 0.1) is 0 Å². The van der Waals surface area contributed by atoms with E-state index in [1.54, 1.807) is 0 Å². The largest absolute Gasteiger partial charge is 0.508 e.